The number of halogens is 2. The summed E-state index contributed by atoms with van der Waals surface area (Å²) in [6.07, 6.45) is -2.68. The Balaban J connectivity index is 2.16. The molecule has 0 aliphatic carbocycles. The maximum absolute atomic E-state index is 12.5. The molecule has 0 aliphatic heterocycles. The number of hydrogen-bond donors (Lipinski definition) is 1. The molecule has 0 amide bonds. The minimum Gasteiger partial charge on any atom is -0.465 e. The summed E-state index contributed by atoms with van der Waals surface area (Å²) in [6.45, 7) is 3.97. The van der Waals surface area contributed by atoms with E-state index in [9.17, 15) is 13.6 Å². The van der Waals surface area contributed by atoms with Gasteiger partial charge in [-0.25, -0.2) is 13.8 Å². The van der Waals surface area contributed by atoms with Gasteiger partial charge < -0.3 is 10.1 Å². The van der Waals surface area contributed by atoms with Crippen LogP contribution in [0.4, 0.5) is 14.5 Å². The second-order valence-electron chi connectivity index (χ2n) is 4.45. The second-order valence-corrected chi connectivity index (χ2v) is 5.20. The SMILES string of the molecule is CCOC(=O)CNc1cc(-c2nc(C(F)F)ns2)ccc1C. The Morgan fingerprint density at radius 2 is 2.23 bits per heavy atom. The Bertz CT molecular complexity index is 661. The number of nitrogens with zero attached hydrogens (tertiary/aromatic N) is 2. The van der Waals surface area contributed by atoms with Gasteiger partial charge in [-0.2, -0.15) is 4.37 Å². The van der Waals surface area contributed by atoms with Crippen molar-refractivity contribution in [2.75, 3.05) is 18.5 Å². The summed E-state index contributed by atoms with van der Waals surface area (Å²) in [5.41, 5.74) is 2.31. The van der Waals surface area contributed by atoms with Gasteiger partial charge in [0, 0.05) is 11.3 Å². The molecule has 1 N–H and O–H groups in total. The van der Waals surface area contributed by atoms with Crippen LogP contribution in [-0.4, -0.2) is 28.5 Å². The van der Waals surface area contributed by atoms with E-state index in [1.165, 1.54) is 0 Å². The Kier molecular flexibility index (Phi) is 5.37. The van der Waals surface area contributed by atoms with Gasteiger partial charge in [-0.3, -0.25) is 4.79 Å². The molecule has 0 atom stereocenters. The number of rotatable bonds is 6. The van der Waals surface area contributed by atoms with Gasteiger partial charge in [-0.15, -0.1) is 0 Å². The average Bonchev–Trinajstić information content (AvgIpc) is 2.97. The molecule has 1 aromatic carbocycles. The average molecular weight is 327 g/mol. The van der Waals surface area contributed by atoms with Gasteiger partial charge in [0.25, 0.3) is 6.43 Å². The largest absolute Gasteiger partial charge is 0.465 e. The predicted octanol–water partition coefficient (Wildman–Crippen LogP) is 3.43. The van der Waals surface area contributed by atoms with Gasteiger partial charge in [0.05, 0.1) is 6.61 Å². The molecule has 118 valence electrons. The number of alkyl halides is 2. The van der Waals surface area contributed by atoms with Crippen molar-refractivity contribution in [2.45, 2.75) is 20.3 Å². The van der Waals surface area contributed by atoms with Gasteiger partial charge in [-0.05, 0) is 37.0 Å². The van der Waals surface area contributed by atoms with E-state index >= 15 is 0 Å². The third-order valence-electron chi connectivity index (χ3n) is 2.85. The molecule has 2 aromatic rings. The molecule has 0 fully saturated rings. The molecule has 0 bridgehead atoms. The van der Waals surface area contributed by atoms with Crippen LogP contribution in [0.5, 0.6) is 0 Å². The van der Waals surface area contributed by atoms with Gasteiger partial charge in [0.2, 0.25) is 5.82 Å². The van der Waals surface area contributed by atoms with E-state index in [0.29, 0.717) is 17.2 Å². The molecule has 0 unspecified atom stereocenters. The fraction of sp³-hybridized carbons (Fsp3) is 0.357. The number of carbonyl (C=O) groups is 1. The van der Waals surface area contributed by atoms with Crippen LogP contribution in [0.2, 0.25) is 0 Å². The van der Waals surface area contributed by atoms with E-state index in [1.54, 1.807) is 19.1 Å². The van der Waals surface area contributed by atoms with Gasteiger partial charge in [0.1, 0.15) is 11.6 Å². The van der Waals surface area contributed by atoms with Crippen LogP contribution < -0.4 is 5.32 Å². The van der Waals surface area contributed by atoms with Crippen LogP contribution >= 0.6 is 11.5 Å². The van der Waals surface area contributed by atoms with Crippen molar-refractivity contribution in [3.8, 4) is 10.6 Å². The third-order valence-corrected chi connectivity index (χ3v) is 3.63. The first-order valence-electron chi connectivity index (χ1n) is 6.63. The first-order chi connectivity index (χ1) is 10.5. The molecular formula is C14H15F2N3O2S. The highest BCUT2D eigenvalue weighted by atomic mass is 32.1. The van der Waals surface area contributed by atoms with Crippen molar-refractivity contribution in [3.63, 3.8) is 0 Å². The summed E-state index contributed by atoms with van der Waals surface area (Å²) in [7, 11) is 0. The Morgan fingerprint density at radius 3 is 2.86 bits per heavy atom. The Morgan fingerprint density at radius 1 is 1.45 bits per heavy atom. The molecule has 0 aliphatic rings. The Hall–Kier alpha value is -2.09. The van der Waals surface area contributed by atoms with E-state index in [4.69, 9.17) is 4.74 Å². The quantitative estimate of drug-likeness (QED) is 0.824. The van der Waals surface area contributed by atoms with Gasteiger partial charge in [-0.1, -0.05) is 12.1 Å². The first-order valence-corrected chi connectivity index (χ1v) is 7.41. The van der Waals surface area contributed by atoms with Crippen molar-refractivity contribution in [3.05, 3.63) is 29.6 Å². The summed E-state index contributed by atoms with van der Waals surface area (Å²) < 4.78 is 33.6. The molecule has 1 aromatic heterocycles. The minimum absolute atomic E-state index is 0.0382. The molecule has 22 heavy (non-hydrogen) atoms. The number of hydrogen-bond acceptors (Lipinski definition) is 6. The van der Waals surface area contributed by atoms with E-state index in [1.807, 2.05) is 13.0 Å². The summed E-state index contributed by atoms with van der Waals surface area (Å²) >= 11 is 0.918. The van der Waals surface area contributed by atoms with Crippen LogP contribution in [0.1, 0.15) is 24.7 Å². The number of ether oxygens (including phenoxy) is 1. The molecule has 0 saturated heterocycles. The summed E-state index contributed by atoms with van der Waals surface area (Å²) in [5.74, 6) is -0.829. The summed E-state index contributed by atoms with van der Waals surface area (Å²) in [6, 6.07) is 5.36. The number of aromatic nitrogens is 2. The van der Waals surface area contributed by atoms with E-state index in [0.717, 1.165) is 22.8 Å². The fourth-order valence-electron chi connectivity index (χ4n) is 1.77. The van der Waals surface area contributed by atoms with Crippen LogP contribution in [-0.2, 0) is 9.53 Å². The highest BCUT2D eigenvalue weighted by Crippen LogP contribution is 2.28. The van der Waals surface area contributed by atoms with Crippen molar-refractivity contribution >= 4 is 23.2 Å². The smallest absolute Gasteiger partial charge is 0.325 e. The number of nitrogens with one attached hydrogen (secondary N) is 1. The molecule has 2 rings (SSSR count). The zero-order valence-electron chi connectivity index (χ0n) is 12.1. The maximum atomic E-state index is 12.5. The first kappa shape index (κ1) is 16.3. The van der Waals surface area contributed by atoms with Crippen molar-refractivity contribution in [2.24, 2.45) is 0 Å². The lowest BCUT2D eigenvalue weighted by molar-refractivity contribution is -0.140. The second kappa shape index (κ2) is 7.26. The lowest BCUT2D eigenvalue weighted by atomic mass is 10.1. The molecule has 0 radical (unpaired) electrons. The van der Waals surface area contributed by atoms with Crippen molar-refractivity contribution in [1.82, 2.24) is 9.36 Å². The summed E-state index contributed by atoms with van der Waals surface area (Å²) in [5, 5.41) is 3.38. The Labute approximate surface area is 130 Å². The van der Waals surface area contributed by atoms with E-state index in [2.05, 4.69) is 14.7 Å². The number of aryl methyl sites for hydroxylation is 1. The van der Waals surface area contributed by atoms with Gasteiger partial charge in [0.15, 0.2) is 0 Å². The summed E-state index contributed by atoms with van der Waals surface area (Å²) in [4.78, 5) is 15.2. The number of esters is 1. The lowest BCUT2D eigenvalue weighted by Gasteiger charge is -2.10. The molecule has 1 heterocycles. The number of anilines is 1. The van der Waals surface area contributed by atoms with Crippen molar-refractivity contribution in [1.29, 1.82) is 0 Å². The fourth-order valence-corrected chi connectivity index (χ4v) is 2.43. The normalized spacial score (nSPS) is 10.8. The lowest BCUT2D eigenvalue weighted by Crippen LogP contribution is -2.17. The standard InChI is InChI=1S/C14H15F2N3O2S/c1-3-21-11(20)7-17-10-6-9(5-4-8(10)2)14-18-13(12(15)16)19-22-14/h4-6,12,17H,3,7H2,1-2H3. The number of benzene rings is 1. The number of carbonyl (C=O) groups excluding carboxylic acids is 1. The highest BCUT2D eigenvalue weighted by molar-refractivity contribution is 7.09. The topological polar surface area (TPSA) is 64.1 Å². The van der Waals surface area contributed by atoms with Crippen molar-refractivity contribution < 1.29 is 18.3 Å². The van der Waals surface area contributed by atoms with Crippen LogP contribution in [0.3, 0.4) is 0 Å². The highest BCUT2D eigenvalue weighted by Gasteiger charge is 2.15. The maximum Gasteiger partial charge on any atom is 0.325 e. The molecule has 8 heteroatoms. The van der Waals surface area contributed by atoms with E-state index in [-0.39, 0.29) is 12.5 Å². The van der Waals surface area contributed by atoms with Gasteiger partial charge >= 0.3 is 5.97 Å². The minimum atomic E-state index is -2.68. The van der Waals surface area contributed by atoms with Crippen LogP contribution in [0, 0.1) is 6.92 Å². The predicted molar refractivity (Wildman–Crippen MR) is 80.2 cm³/mol. The zero-order valence-corrected chi connectivity index (χ0v) is 12.9. The molecule has 0 spiro atoms. The molecule has 0 saturated carbocycles. The van der Waals surface area contributed by atoms with Crippen LogP contribution in [0.25, 0.3) is 10.6 Å². The monoisotopic (exact) mass is 327 g/mol. The van der Waals surface area contributed by atoms with Crippen LogP contribution in [0.15, 0.2) is 18.2 Å². The van der Waals surface area contributed by atoms with E-state index < -0.39 is 12.2 Å². The molecular weight excluding hydrogens is 312 g/mol. The zero-order chi connectivity index (χ0) is 16.1. The third kappa shape index (κ3) is 3.97. The molecule has 5 nitrogen and oxygen atoms in total.